The van der Waals surface area contributed by atoms with Gasteiger partial charge in [0.05, 0.1) is 13.5 Å². The Hall–Kier alpha value is -3.15. The minimum Gasteiger partial charge on any atom is -0.497 e. The number of aryl methyl sites for hydroxylation is 2. The van der Waals surface area contributed by atoms with E-state index in [-0.39, 0.29) is 12.4 Å². The van der Waals surface area contributed by atoms with Crippen LogP contribution in [0.4, 0.5) is 0 Å². The molecule has 6 nitrogen and oxygen atoms in total. The Morgan fingerprint density at radius 1 is 1.04 bits per heavy atom. The lowest BCUT2D eigenvalue weighted by Crippen LogP contribution is -2.09. The summed E-state index contributed by atoms with van der Waals surface area (Å²) < 4.78 is 15.6. The summed E-state index contributed by atoms with van der Waals surface area (Å²) in [6, 6.07) is 14.8. The normalized spacial score (nSPS) is 10.5. The largest absolute Gasteiger partial charge is 0.497 e. The van der Waals surface area contributed by atoms with Crippen LogP contribution in [0.3, 0.4) is 0 Å². The maximum atomic E-state index is 12.0. The van der Waals surface area contributed by atoms with Crippen LogP contribution in [0.1, 0.15) is 24.8 Å². The number of methoxy groups -OCH3 is 1. The van der Waals surface area contributed by atoms with Crippen molar-refractivity contribution < 1.29 is 18.8 Å². The Morgan fingerprint density at radius 3 is 2.38 bits per heavy atom. The van der Waals surface area contributed by atoms with Crippen LogP contribution in [0.5, 0.6) is 11.5 Å². The van der Waals surface area contributed by atoms with Gasteiger partial charge < -0.3 is 14.0 Å². The van der Waals surface area contributed by atoms with Crippen LogP contribution in [-0.4, -0.2) is 23.2 Å². The zero-order valence-electron chi connectivity index (χ0n) is 14.8. The van der Waals surface area contributed by atoms with Gasteiger partial charge in [-0.2, -0.15) is 4.98 Å². The van der Waals surface area contributed by atoms with Crippen molar-refractivity contribution in [2.75, 3.05) is 7.11 Å². The first-order valence-electron chi connectivity index (χ1n) is 8.44. The predicted molar refractivity (Wildman–Crippen MR) is 96.1 cm³/mol. The second-order valence-corrected chi connectivity index (χ2v) is 5.71. The van der Waals surface area contributed by atoms with E-state index in [1.54, 1.807) is 19.2 Å². The van der Waals surface area contributed by atoms with Gasteiger partial charge in [-0.15, -0.1) is 0 Å². The van der Waals surface area contributed by atoms with E-state index >= 15 is 0 Å². The summed E-state index contributed by atoms with van der Waals surface area (Å²) in [6.07, 6.45) is 1.44. The molecule has 0 N–H and O–H groups in total. The number of aromatic nitrogens is 2. The highest BCUT2D eigenvalue weighted by Crippen LogP contribution is 2.20. The molecular weight excluding hydrogens is 332 g/mol. The van der Waals surface area contributed by atoms with Crippen molar-refractivity contribution >= 4 is 5.97 Å². The average Bonchev–Trinajstić information content (AvgIpc) is 3.16. The van der Waals surface area contributed by atoms with Crippen molar-refractivity contribution in [2.45, 2.75) is 26.2 Å². The van der Waals surface area contributed by atoms with E-state index in [1.165, 1.54) is 5.56 Å². The fraction of sp³-hybridized carbons (Fsp3) is 0.250. The van der Waals surface area contributed by atoms with Gasteiger partial charge in [-0.1, -0.05) is 24.2 Å². The van der Waals surface area contributed by atoms with E-state index in [0.29, 0.717) is 23.9 Å². The number of benzene rings is 2. The minimum atomic E-state index is -0.335. The molecule has 1 aromatic heterocycles. The Balaban J connectivity index is 1.54. The maximum Gasteiger partial charge on any atom is 0.311 e. The second-order valence-electron chi connectivity index (χ2n) is 5.71. The lowest BCUT2D eigenvalue weighted by Gasteiger charge is -2.04. The number of carbonyl (C=O) groups is 1. The van der Waals surface area contributed by atoms with Gasteiger partial charge in [0.15, 0.2) is 0 Å². The van der Waals surface area contributed by atoms with Crippen LogP contribution in [0, 0.1) is 0 Å². The first-order valence-corrected chi connectivity index (χ1v) is 8.44. The van der Waals surface area contributed by atoms with Crippen LogP contribution in [0.2, 0.25) is 0 Å². The Bertz CT molecular complexity index is 854. The third-order valence-corrected chi connectivity index (χ3v) is 3.92. The highest BCUT2D eigenvalue weighted by atomic mass is 16.5. The lowest BCUT2D eigenvalue weighted by molar-refractivity contribution is -0.134. The summed E-state index contributed by atoms with van der Waals surface area (Å²) in [6.45, 7) is 2.08. The molecule has 0 fully saturated rings. The topological polar surface area (TPSA) is 74.5 Å². The minimum absolute atomic E-state index is 0.166. The van der Waals surface area contributed by atoms with Crippen LogP contribution >= 0.6 is 0 Å². The van der Waals surface area contributed by atoms with Gasteiger partial charge in [-0.3, -0.25) is 4.79 Å². The fourth-order valence-corrected chi connectivity index (χ4v) is 2.40. The van der Waals surface area contributed by atoms with Crippen LogP contribution in [0.25, 0.3) is 11.4 Å². The van der Waals surface area contributed by atoms with E-state index in [4.69, 9.17) is 14.0 Å². The van der Waals surface area contributed by atoms with Gasteiger partial charge in [0.2, 0.25) is 11.7 Å². The molecule has 3 aromatic rings. The summed E-state index contributed by atoms with van der Waals surface area (Å²) in [5.41, 5.74) is 2.01. The van der Waals surface area contributed by atoms with Gasteiger partial charge in [0, 0.05) is 12.0 Å². The maximum absolute atomic E-state index is 12.0. The van der Waals surface area contributed by atoms with Gasteiger partial charge in [-0.05, 0) is 48.4 Å². The molecule has 3 rings (SSSR count). The fourth-order valence-electron chi connectivity index (χ4n) is 2.40. The van der Waals surface area contributed by atoms with Crippen LogP contribution in [0.15, 0.2) is 53.1 Å². The molecule has 2 aromatic carbocycles. The molecule has 0 spiro atoms. The predicted octanol–water partition coefficient (Wildman–Crippen LogP) is 3.85. The van der Waals surface area contributed by atoms with Gasteiger partial charge in [0.25, 0.3) is 0 Å². The number of esters is 1. The number of carbonyl (C=O) groups excluding carboxylic acids is 1. The highest BCUT2D eigenvalue weighted by molar-refractivity contribution is 5.72. The van der Waals surface area contributed by atoms with Crippen LogP contribution < -0.4 is 9.47 Å². The second kappa shape index (κ2) is 8.29. The van der Waals surface area contributed by atoms with Crippen molar-refractivity contribution in [1.29, 1.82) is 0 Å². The first-order chi connectivity index (χ1) is 12.7. The van der Waals surface area contributed by atoms with Crippen molar-refractivity contribution in [3.05, 3.63) is 60.0 Å². The molecule has 26 heavy (non-hydrogen) atoms. The van der Waals surface area contributed by atoms with Crippen LogP contribution in [-0.2, 0) is 17.6 Å². The molecule has 0 atom stereocenters. The van der Waals surface area contributed by atoms with E-state index in [0.717, 1.165) is 17.7 Å². The van der Waals surface area contributed by atoms with Crippen molar-refractivity contribution in [2.24, 2.45) is 0 Å². The van der Waals surface area contributed by atoms with E-state index < -0.39 is 0 Å². The SMILES string of the molecule is CCc1ccc(OC(=O)CCc2nc(-c3ccc(OC)cc3)no2)cc1. The third kappa shape index (κ3) is 4.47. The molecule has 0 radical (unpaired) electrons. The molecule has 0 unspecified atom stereocenters. The molecule has 0 bridgehead atoms. The van der Waals surface area contributed by atoms with E-state index in [1.807, 2.05) is 36.4 Å². The average molecular weight is 352 g/mol. The Morgan fingerprint density at radius 2 is 1.73 bits per heavy atom. The summed E-state index contributed by atoms with van der Waals surface area (Å²) in [4.78, 5) is 16.3. The number of ether oxygens (including phenoxy) is 2. The lowest BCUT2D eigenvalue weighted by atomic mass is 10.2. The zero-order valence-corrected chi connectivity index (χ0v) is 14.8. The third-order valence-electron chi connectivity index (χ3n) is 3.92. The molecule has 0 amide bonds. The molecule has 0 aliphatic carbocycles. The number of hydrogen-bond donors (Lipinski definition) is 0. The molecule has 0 saturated heterocycles. The molecule has 0 aliphatic heterocycles. The molecule has 1 heterocycles. The molecule has 6 heteroatoms. The summed E-state index contributed by atoms with van der Waals surface area (Å²) in [5, 5.41) is 3.94. The van der Waals surface area contributed by atoms with E-state index in [9.17, 15) is 4.79 Å². The first kappa shape index (κ1) is 17.7. The number of nitrogens with zero attached hydrogens (tertiary/aromatic N) is 2. The van der Waals surface area contributed by atoms with Gasteiger partial charge in [-0.25, -0.2) is 0 Å². The van der Waals surface area contributed by atoms with Crippen molar-refractivity contribution in [1.82, 2.24) is 10.1 Å². The standard InChI is InChI=1S/C20H20N2O4/c1-3-14-4-8-17(9-5-14)25-19(23)13-12-18-21-20(22-26-18)15-6-10-16(24-2)11-7-15/h4-11H,3,12-13H2,1-2H3. The van der Waals surface area contributed by atoms with E-state index in [2.05, 4.69) is 17.1 Å². The quantitative estimate of drug-likeness (QED) is 0.475. The number of rotatable bonds is 7. The van der Waals surface area contributed by atoms with Gasteiger partial charge in [0.1, 0.15) is 11.5 Å². The Kier molecular flexibility index (Phi) is 5.63. The summed E-state index contributed by atoms with van der Waals surface area (Å²) in [7, 11) is 1.61. The van der Waals surface area contributed by atoms with Crippen molar-refractivity contribution in [3.63, 3.8) is 0 Å². The van der Waals surface area contributed by atoms with Crippen molar-refractivity contribution in [3.8, 4) is 22.9 Å². The zero-order chi connectivity index (χ0) is 18.4. The number of hydrogen-bond acceptors (Lipinski definition) is 6. The summed E-state index contributed by atoms with van der Waals surface area (Å²) in [5.74, 6) is 1.84. The highest BCUT2D eigenvalue weighted by Gasteiger charge is 2.12. The Labute approximate surface area is 151 Å². The monoisotopic (exact) mass is 352 g/mol. The molecule has 134 valence electrons. The smallest absolute Gasteiger partial charge is 0.311 e. The molecule has 0 saturated carbocycles. The molecule has 0 aliphatic rings. The molecular formula is C20H20N2O4. The summed E-state index contributed by atoms with van der Waals surface area (Å²) >= 11 is 0. The van der Waals surface area contributed by atoms with Gasteiger partial charge >= 0.3 is 5.97 Å².